The summed E-state index contributed by atoms with van der Waals surface area (Å²) in [4.78, 5) is 2.10. The molecule has 0 aliphatic rings. The van der Waals surface area contributed by atoms with Crippen molar-refractivity contribution in [3.05, 3.63) is 0 Å². The molecule has 0 aromatic heterocycles. The zero-order chi connectivity index (χ0) is 8.15. The lowest BCUT2D eigenvalue weighted by Gasteiger charge is -2.11. The Kier molecular flexibility index (Phi) is 8.35. The number of hydrogen-bond donors (Lipinski definition) is 0. The third-order valence-electron chi connectivity index (χ3n) is 1.39. The Morgan fingerprint density at radius 2 is 1.64 bits per heavy atom. The second-order valence-electron chi connectivity index (χ2n) is 2.34. The van der Waals surface area contributed by atoms with Crippen LogP contribution in [0.2, 0.25) is 0 Å². The monoisotopic (exact) mass is 198 g/mol. The molecule has 0 radical (unpaired) electrons. The highest BCUT2D eigenvalue weighted by Gasteiger charge is 2.11. The SMILES string of the molecule is CCN(CC)C(Cl)=[N+](C)C.[Cl-]. The van der Waals surface area contributed by atoms with Gasteiger partial charge in [0.25, 0.3) is 0 Å². The van der Waals surface area contributed by atoms with Crippen molar-refractivity contribution in [2.75, 3.05) is 27.2 Å². The van der Waals surface area contributed by atoms with E-state index in [0.717, 1.165) is 18.4 Å². The van der Waals surface area contributed by atoms with E-state index in [2.05, 4.69) is 18.7 Å². The van der Waals surface area contributed by atoms with E-state index in [0.29, 0.717) is 0 Å². The fraction of sp³-hybridized carbons (Fsp3) is 0.857. The number of halogens is 2. The van der Waals surface area contributed by atoms with Crippen LogP contribution in [0.5, 0.6) is 0 Å². The van der Waals surface area contributed by atoms with Crippen LogP contribution in [0.1, 0.15) is 13.8 Å². The third kappa shape index (κ3) is 4.49. The van der Waals surface area contributed by atoms with Gasteiger partial charge in [0.2, 0.25) is 0 Å². The molecule has 0 amide bonds. The molecule has 0 N–H and O–H groups in total. The van der Waals surface area contributed by atoms with E-state index >= 15 is 0 Å². The summed E-state index contributed by atoms with van der Waals surface area (Å²) in [7, 11) is 3.89. The summed E-state index contributed by atoms with van der Waals surface area (Å²) in [5.41, 5.74) is 0. The minimum Gasteiger partial charge on any atom is -1.00 e. The van der Waals surface area contributed by atoms with E-state index in [1.165, 1.54) is 0 Å². The molecule has 0 spiro atoms. The van der Waals surface area contributed by atoms with Crippen molar-refractivity contribution < 1.29 is 17.0 Å². The van der Waals surface area contributed by atoms with Gasteiger partial charge >= 0.3 is 5.29 Å². The highest BCUT2D eigenvalue weighted by molar-refractivity contribution is 6.63. The molecule has 0 aromatic carbocycles. The molecule has 0 rings (SSSR count). The first kappa shape index (κ1) is 13.6. The second kappa shape index (κ2) is 6.74. The zero-order valence-corrected chi connectivity index (χ0v) is 9.08. The fourth-order valence-electron chi connectivity index (χ4n) is 0.767. The molecular formula is C7H16Cl2N2. The first-order valence-electron chi connectivity index (χ1n) is 3.58. The van der Waals surface area contributed by atoms with E-state index in [-0.39, 0.29) is 12.4 Å². The molecule has 0 saturated heterocycles. The second-order valence-corrected chi connectivity index (χ2v) is 2.67. The predicted molar refractivity (Wildman–Crippen MR) is 45.9 cm³/mol. The Hall–Kier alpha value is 0.0500. The number of hydrogen-bond acceptors (Lipinski definition) is 0. The highest BCUT2D eigenvalue weighted by atomic mass is 35.5. The van der Waals surface area contributed by atoms with Crippen molar-refractivity contribution in [1.29, 1.82) is 0 Å². The van der Waals surface area contributed by atoms with Crippen molar-refractivity contribution >= 4 is 16.9 Å². The van der Waals surface area contributed by atoms with E-state index in [4.69, 9.17) is 11.6 Å². The Bertz CT molecular complexity index is 126. The molecule has 0 aliphatic carbocycles. The molecule has 4 heteroatoms. The molecule has 0 unspecified atom stereocenters. The summed E-state index contributed by atoms with van der Waals surface area (Å²) in [5.74, 6) is 0. The molecule has 0 heterocycles. The highest BCUT2D eigenvalue weighted by Crippen LogP contribution is 1.93. The first-order chi connectivity index (χ1) is 4.63. The smallest absolute Gasteiger partial charge is 0.344 e. The van der Waals surface area contributed by atoms with E-state index < -0.39 is 0 Å². The first-order valence-corrected chi connectivity index (χ1v) is 3.96. The molecule has 0 aromatic rings. The van der Waals surface area contributed by atoms with Crippen molar-refractivity contribution in [2.45, 2.75) is 13.8 Å². The van der Waals surface area contributed by atoms with Gasteiger partial charge in [0.05, 0.1) is 27.2 Å². The van der Waals surface area contributed by atoms with Gasteiger partial charge in [-0.05, 0) is 13.8 Å². The fourth-order valence-corrected chi connectivity index (χ4v) is 1.01. The summed E-state index contributed by atoms with van der Waals surface area (Å²) in [6.07, 6.45) is 0. The average molecular weight is 199 g/mol. The minimum atomic E-state index is 0. The quantitative estimate of drug-likeness (QED) is 0.220. The normalized spacial score (nSPS) is 8.45. The predicted octanol–water partition coefficient (Wildman–Crippen LogP) is -1.80. The van der Waals surface area contributed by atoms with Crippen LogP contribution in [0.3, 0.4) is 0 Å². The van der Waals surface area contributed by atoms with Crippen molar-refractivity contribution in [2.24, 2.45) is 0 Å². The Morgan fingerprint density at radius 3 is 1.73 bits per heavy atom. The van der Waals surface area contributed by atoms with Crippen LogP contribution in [0, 0.1) is 0 Å². The van der Waals surface area contributed by atoms with Gasteiger partial charge in [-0.3, -0.25) is 9.48 Å². The zero-order valence-electron chi connectivity index (χ0n) is 7.56. The van der Waals surface area contributed by atoms with Gasteiger partial charge in [-0.1, -0.05) is 0 Å². The Labute approximate surface area is 80.3 Å². The number of nitrogens with zero attached hydrogens (tertiary/aromatic N) is 2. The average Bonchev–Trinajstić information content (AvgIpc) is 1.90. The summed E-state index contributed by atoms with van der Waals surface area (Å²) in [6, 6.07) is 0. The maximum Gasteiger partial charge on any atom is 0.344 e. The van der Waals surface area contributed by atoms with Crippen LogP contribution >= 0.6 is 11.6 Å². The van der Waals surface area contributed by atoms with Gasteiger partial charge in [0.15, 0.2) is 0 Å². The standard InChI is InChI=1S/C7H16ClN2.ClH/c1-5-10(6-2)7(8)9(3)4;/h5-6H2,1-4H3;1H/q+1;/p-1. The van der Waals surface area contributed by atoms with Crippen molar-refractivity contribution in [3.63, 3.8) is 0 Å². The molecule has 11 heavy (non-hydrogen) atoms. The number of rotatable bonds is 2. The van der Waals surface area contributed by atoms with Gasteiger partial charge in [-0.15, -0.1) is 0 Å². The Balaban J connectivity index is 0. The van der Waals surface area contributed by atoms with Crippen LogP contribution in [0.15, 0.2) is 0 Å². The molecule has 68 valence electrons. The minimum absolute atomic E-state index is 0. The van der Waals surface area contributed by atoms with Gasteiger partial charge in [-0.25, -0.2) is 0 Å². The van der Waals surface area contributed by atoms with Gasteiger partial charge in [-0.2, -0.15) is 0 Å². The maximum atomic E-state index is 5.95. The van der Waals surface area contributed by atoms with Crippen LogP contribution in [-0.4, -0.2) is 42.0 Å². The Morgan fingerprint density at radius 1 is 1.27 bits per heavy atom. The van der Waals surface area contributed by atoms with E-state index in [9.17, 15) is 0 Å². The molecule has 0 saturated carbocycles. The van der Waals surface area contributed by atoms with Gasteiger partial charge in [0.1, 0.15) is 0 Å². The van der Waals surface area contributed by atoms with Gasteiger partial charge in [0, 0.05) is 11.6 Å². The topological polar surface area (TPSA) is 6.25 Å². The largest absolute Gasteiger partial charge is 1.00 e. The summed E-state index contributed by atoms with van der Waals surface area (Å²) >= 11 is 5.95. The van der Waals surface area contributed by atoms with Crippen molar-refractivity contribution in [1.82, 2.24) is 4.90 Å². The maximum absolute atomic E-state index is 5.95. The lowest BCUT2D eigenvalue weighted by atomic mass is 10.6. The molecule has 0 bridgehead atoms. The van der Waals surface area contributed by atoms with Gasteiger partial charge < -0.3 is 12.4 Å². The van der Waals surface area contributed by atoms with E-state index in [1.54, 1.807) is 0 Å². The number of amidine groups is 1. The lowest BCUT2D eigenvalue weighted by Crippen LogP contribution is -3.00. The van der Waals surface area contributed by atoms with Crippen molar-refractivity contribution in [3.8, 4) is 0 Å². The van der Waals surface area contributed by atoms with Crippen LogP contribution < -0.4 is 12.4 Å². The van der Waals surface area contributed by atoms with Crippen LogP contribution in [0.25, 0.3) is 0 Å². The molecule has 0 fully saturated rings. The summed E-state index contributed by atoms with van der Waals surface area (Å²) < 4.78 is 1.91. The summed E-state index contributed by atoms with van der Waals surface area (Å²) in [5, 5.41) is 0.810. The molecular weight excluding hydrogens is 183 g/mol. The molecule has 0 aliphatic heterocycles. The third-order valence-corrected chi connectivity index (χ3v) is 1.97. The molecule has 0 atom stereocenters. The molecule has 2 nitrogen and oxygen atoms in total. The summed E-state index contributed by atoms with van der Waals surface area (Å²) in [6.45, 7) is 6.12. The van der Waals surface area contributed by atoms with Crippen LogP contribution in [0.4, 0.5) is 0 Å². The lowest BCUT2D eigenvalue weighted by molar-refractivity contribution is -0.467. The van der Waals surface area contributed by atoms with Crippen LogP contribution in [-0.2, 0) is 0 Å². The van der Waals surface area contributed by atoms with E-state index in [1.807, 2.05) is 18.7 Å².